The highest BCUT2D eigenvalue weighted by atomic mass is 32.2. The van der Waals surface area contributed by atoms with E-state index < -0.39 is 16.6 Å². The summed E-state index contributed by atoms with van der Waals surface area (Å²) in [5, 5.41) is 21.0. The van der Waals surface area contributed by atoms with Crippen molar-refractivity contribution in [2.24, 2.45) is 0 Å². The molecule has 0 saturated carbocycles. The van der Waals surface area contributed by atoms with Gasteiger partial charge in [0.05, 0.1) is 23.2 Å². The Labute approximate surface area is 171 Å². The highest BCUT2D eigenvalue weighted by molar-refractivity contribution is 7.98. The van der Waals surface area contributed by atoms with Gasteiger partial charge in [0, 0.05) is 6.54 Å². The largest absolute Gasteiger partial charge is 0.464 e. The molecule has 1 aromatic heterocycles. The van der Waals surface area contributed by atoms with Crippen LogP contribution in [0.1, 0.15) is 24.5 Å². The molecule has 0 spiro atoms. The standard InChI is InChI=1S/C18H20N6O4S/c1-3-7-28-14(25)11-23(10-13-6-4-5-12(8-13)9-19)17-15(24(26)27)16(20)21-18(22-17)29-2/h4-6,8H,3,7,10-11H2,1-2H3,(H2,20,21,22). The zero-order valence-corrected chi connectivity index (χ0v) is 16.8. The van der Waals surface area contributed by atoms with Crippen molar-refractivity contribution in [2.45, 2.75) is 25.0 Å². The first kappa shape index (κ1) is 21.9. The number of nitrogens with two attached hydrogens (primary N) is 1. The molecule has 10 nitrogen and oxygen atoms in total. The molecule has 2 N–H and O–H groups in total. The molecule has 2 aromatic rings. The van der Waals surface area contributed by atoms with Crippen LogP contribution in [0.3, 0.4) is 0 Å². The summed E-state index contributed by atoms with van der Waals surface area (Å²) in [6, 6.07) is 8.75. The van der Waals surface area contributed by atoms with E-state index in [1.807, 2.05) is 13.0 Å². The van der Waals surface area contributed by atoms with E-state index in [1.54, 1.807) is 30.5 Å². The predicted molar refractivity (Wildman–Crippen MR) is 108 cm³/mol. The van der Waals surface area contributed by atoms with Crippen LogP contribution < -0.4 is 10.6 Å². The third kappa shape index (κ3) is 5.79. The zero-order chi connectivity index (χ0) is 21.4. The predicted octanol–water partition coefficient (Wildman–Crippen LogP) is 2.52. The lowest BCUT2D eigenvalue weighted by Gasteiger charge is -2.23. The first-order chi connectivity index (χ1) is 13.9. The number of hydrogen-bond donors (Lipinski definition) is 1. The molecule has 0 aliphatic carbocycles. The number of nitriles is 1. The monoisotopic (exact) mass is 416 g/mol. The zero-order valence-electron chi connectivity index (χ0n) is 16.0. The molecule has 0 atom stereocenters. The molecule has 1 aromatic carbocycles. The molecule has 152 valence electrons. The molecule has 0 aliphatic rings. The van der Waals surface area contributed by atoms with Gasteiger partial charge in [-0.3, -0.25) is 14.9 Å². The van der Waals surface area contributed by atoms with E-state index in [9.17, 15) is 14.9 Å². The number of thioether (sulfide) groups is 1. The number of benzene rings is 1. The lowest BCUT2D eigenvalue weighted by atomic mass is 10.1. The van der Waals surface area contributed by atoms with Crippen molar-refractivity contribution in [3.8, 4) is 6.07 Å². The smallest absolute Gasteiger partial charge is 0.353 e. The molecular formula is C18H20N6O4S. The van der Waals surface area contributed by atoms with Crippen LogP contribution in [0, 0.1) is 21.4 Å². The average Bonchev–Trinajstić information content (AvgIpc) is 2.70. The number of carbonyl (C=O) groups is 1. The van der Waals surface area contributed by atoms with Crippen molar-refractivity contribution in [3.63, 3.8) is 0 Å². The number of aromatic nitrogens is 2. The van der Waals surface area contributed by atoms with Gasteiger partial charge in [0.15, 0.2) is 5.16 Å². The van der Waals surface area contributed by atoms with Gasteiger partial charge in [0.2, 0.25) is 11.6 Å². The van der Waals surface area contributed by atoms with Crippen LogP contribution in [0.5, 0.6) is 0 Å². The maximum absolute atomic E-state index is 12.3. The summed E-state index contributed by atoms with van der Waals surface area (Å²) >= 11 is 1.17. The number of hydrogen-bond acceptors (Lipinski definition) is 10. The number of nitro groups is 1. The fourth-order valence-electron chi connectivity index (χ4n) is 2.51. The number of ether oxygens (including phenoxy) is 1. The number of esters is 1. The van der Waals surface area contributed by atoms with Gasteiger partial charge in [-0.25, -0.2) is 0 Å². The Kier molecular flexibility index (Phi) is 7.73. The van der Waals surface area contributed by atoms with E-state index in [1.165, 1.54) is 16.7 Å². The quantitative estimate of drug-likeness (QED) is 0.212. The molecule has 0 amide bonds. The molecule has 0 aliphatic heterocycles. The van der Waals surface area contributed by atoms with Crippen molar-refractivity contribution < 1.29 is 14.5 Å². The Morgan fingerprint density at radius 3 is 2.83 bits per heavy atom. The first-order valence-electron chi connectivity index (χ1n) is 8.65. The van der Waals surface area contributed by atoms with E-state index in [0.717, 1.165) is 0 Å². The minimum Gasteiger partial charge on any atom is -0.464 e. The van der Waals surface area contributed by atoms with Crippen molar-refractivity contribution >= 4 is 35.1 Å². The second kappa shape index (κ2) is 10.2. The molecule has 0 saturated heterocycles. The molecular weight excluding hydrogens is 396 g/mol. The summed E-state index contributed by atoms with van der Waals surface area (Å²) in [4.78, 5) is 32.7. The first-order valence-corrected chi connectivity index (χ1v) is 9.87. The van der Waals surface area contributed by atoms with Gasteiger partial charge in [0.25, 0.3) is 0 Å². The molecule has 0 radical (unpaired) electrons. The van der Waals surface area contributed by atoms with Gasteiger partial charge in [-0.1, -0.05) is 30.8 Å². The fourth-order valence-corrected chi connectivity index (χ4v) is 2.88. The van der Waals surface area contributed by atoms with E-state index in [2.05, 4.69) is 9.97 Å². The Hall–Kier alpha value is -3.39. The van der Waals surface area contributed by atoms with Crippen LogP contribution in [0.25, 0.3) is 0 Å². The molecule has 0 bridgehead atoms. The van der Waals surface area contributed by atoms with Gasteiger partial charge >= 0.3 is 11.7 Å². The summed E-state index contributed by atoms with van der Waals surface area (Å²) in [7, 11) is 0. The van der Waals surface area contributed by atoms with Gasteiger partial charge in [-0.15, -0.1) is 0 Å². The molecule has 29 heavy (non-hydrogen) atoms. The van der Waals surface area contributed by atoms with Crippen molar-refractivity contribution in [3.05, 3.63) is 45.5 Å². The second-order valence-corrected chi connectivity index (χ2v) is 6.69. The van der Waals surface area contributed by atoms with Crippen molar-refractivity contribution in [1.82, 2.24) is 9.97 Å². The lowest BCUT2D eigenvalue weighted by Crippen LogP contribution is -2.32. The Balaban J connectivity index is 2.51. The lowest BCUT2D eigenvalue weighted by molar-refractivity contribution is -0.383. The number of carbonyl (C=O) groups excluding carboxylic acids is 1. The number of anilines is 2. The SMILES string of the molecule is CCCOC(=O)CN(Cc1cccc(C#N)c1)c1nc(SC)nc(N)c1[N+](=O)[O-]. The van der Waals surface area contributed by atoms with E-state index in [0.29, 0.717) is 17.5 Å². The topological polar surface area (TPSA) is 148 Å². The molecule has 1 heterocycles. The summed E-state index contributed by atoms with van der Waals surface area (Å²) in [5.74, 6) is -0.926. The van der Waals surface area contributed by atoms with E-state index in [-0.39, 0.29) is 36.5 Å². The molecule has 0 fully saturated rings. The van der Waals surface area contributed by atoms with Crippen LogP contribution in [0.2, 0.25) is 0 Å². The van der Waals surface area contributed by atoms with E-state index in [4.69, 9.17) is 15.7 Å². The van der Waals surface area contributed by atoms with Gasteiger partial charge < -0.3 is 15.4 Å². The van der Waals surface area contributed by atoms with Crippen molar-refractivity contribution in [1.29, 1.82) is 5.26 Å². The summed E-state index contributed by atoms with van der Waals surface area (Å²) in [6.45, 7) is 1.91. The number of nitrogen functional groups attached to an aromatic ring is 1. The van der Waals surface area contributed by atoms with Crippen LogP contribution >= 0.6 is 11.8 Å². The van der Waals surface area contributed by atoms with Crippen LogP contribution in [0.4, 0.5) is 17.3 Å². The van der Waals surface area contributed by atoms with Gasteiger partial charge in [-0.05, 0) is 30.4 Å². The molecule has 11 heteroatoms. The molecule has 2 rings (SSSR count). The Morgan fingerprint density at radius 1 is 1.45 bits per heavy atom. The Bertz CT molecular complexity index is 946. The summed E-state index contributed by atoms with van der Waals surface area (Å²) in [5.41, 5.74) is 6.41. The molecule has 0 unspecified atom stereocenters. The third-order valence-corrected chi connectivity index (χ3v) is 4.30. The highest BCUT2D eigenvalue weighted by Gasteiger charge is 2.29. The summed E-state index contributed by atoms with van der Waals surface area (Å²) < 4.78 is 5.13. The summed E-state index contributed by atoms with van der Waals surface area (Å²) in [6.07, 6.45) is 2.35. The highest BCUT2D eigenvalue weighted by Crippen LogP contribution is 2.33. The van der Waals surface area contributed by atoms with Gasteiger partial charge in [-0.2, -0.15) is 15.2 Å². The minimum absolute atomic E-state index is 0.0809. The maximum Gasteiger partial charge on any atom is 0.353 e. The van der Waals surface area contributed by atoms with Crippen LogP contribution in [-0.4, -0.2) is 40.3 Å². The van der Waals surface area contributed by atoms with Gasteiger partial charge in [0.1, 0.15) is 6.54 Å². The van der Waals surface area contributed by atoms with Crippen LogP contribution in [-0.2, 0) is 16.1 Å². The van der Waals surface area contributed by atoms with Crippen molar-refractivity contribution in [2.75, 3.05) is 30.0 Å². The second-order valence-electron chi connectivity index (χ2n) is 5.91. The maximum atomic E-state index is 12.3. The normalized spacial score (nSPS) is 10.2. The minimum atomic E-state index is -0.676. The number of rotatable bonds is 9. The van der Waals surface area contributed by atoms with E-state index >= 15 is 0 Å². The van der Waals surface area contributed by atoms with Crippen LogP contribution in [0.15, 0.2) is 29.4 Å². The fraction of sp³-hybridized carbons (Fsp3) is 0.333. The number of nitrogens with zero attached hydrogens (tertiary/aromatic N) is 5. The third-order valence-electron chi connectivity index (χ3n) is 3.75. The average molecular weight is 416 g/mol. The Morgan fingerprint density at radius 2 is 2.21 bits per heavy atom.